The molecule has 1 unspecified atom stereocenters. The summed E-state index contributed by atoms with van der Waals surface area (Å²) in [6.07, 6.45) is 7.47. The van der Waals surface area contributed by atoms with Gasteiger partial charge in [0.05, 0.1) is 12.6 Å². The van der Waals surface area contributed by atoms with Gasteiger partial charge in [0.1, 0.15) is 11.6 Å². The number of hydrogen-bond donors (Lipinski definition) is 0. The lowest BCUT2D eigenvalue weighted by Crippen LogP contribution is -2.32. The molecule has 2 heterocycles. The molecule has 0 radical (unpaired) electrons. The summed E-state index contributed by atoms with van der Waals surface area (Å²) < 4.78 is 5.49. The average Bonchev–Trinajstić information content (AvgIpc) is 2.47. The molecule has 2 aliphatic rings. The number of aliphatic imine (C=N–C) groups is 1. The van der Waals surface area contributed by atoms with Crippen molar-refractivity contribution < 1.29 is 4.74 Å². The molecule has 3 nitrogen and oxygen atoms in total. The summed E-state index contributed by atoms with van der Waals surface area (Å²) in [6.45, 7) is 5.84. The number of nitrogens with zero attached hydrogens (tertiary/aromatic N) is 2. The van der Waals surface area contributed by atoms with Crippen molar-refractivity contribution in [3.05, 3.63) is 53.8 Å². The van der Waals surface area contributed by atoms with E-state index >= 15 is 0 Å². The van der Waals surface area contributed by atoms with Crippen LogP contribution in [0.2, 0.25) is 0 Å². The molecule has 0 saturated carbocycles. The van der Waals surface area contributed by atoms with Crippen LogP contribution >= 0.6 is 0 Å². The van der Waals surface area contributed by atoms with E-state index < -0.39 is 0 Å². The van der Waals surface area contributed by atoms with Gasteiger partial charge in [-0.15, -0.1) is 0 Å². The molecule has 0 aromatic heterocycles. The van der Waals surface area contributed by atoms with Crippen molar-refractivity contribution >= 4 is 5.84 Å². The number of rotatable bonds is 3. The van der Waals surface area contributed by atoms with Gasteiger partial charge >= 0.3 is 0 Å². The number of allylic oxidation sites excluding steroid dienone is 2. The van der Waals surface area contributed by atoms with E-state index in [4.69, 9.17) is 9.73 Å². The molecule has 0 spiro atoms. The largest absolute Gasteiger partial charge is 0.494 e. The molecule has 2 aliphatic heterocycles. The van der Waals surface area contributed by atoms with Gasteiger partial charge in [-0.1, -0.05) is 12.1 Å². The fourth-order valence-electron chi connectivity index (χ4n) is 2.60. The molecule has 0 saturated heterocycles. The number of fused-ring (bicyclic) bond motifs is 1. The predicted molar refractivity (Wildman–Crippen MR) is 82.0 cm³/mol. The standard InChI is InChI=1S/C17H20N2O/c1-3-20-15-6-4-14(5-7-15)16-9-11-19-10-8-13(2)12-17(19)18-16/h4-8,10,12,16H,3,9,11H2,1-2H3. The third-order valence-corrected chi connectivity index (χ3v) is 3.68. The molecule has 0 amide bonds. The van der Waals surface area contributed by atoms with Crippen LogP contribution in [0.15, 0.2) is 53.2 Å². The monoisotopic (exact) mass is 268 g/mol. The lowest BCUT2D eigenvalue weighted by Gasteiger charge is -2.31. The zero-order valence-corrected chi connectivity index (χ0v) is 12.0. The van der Waals surface area contributed by atoms with Crippen molar-refractivity contribution in [2.24, 2.45) is 4.99 Å². The van der Waals surface area contributed by atoms with E-state index in [0.29, 0.717) is 6.61 Å². The summed E-state index contributed by atoms with van der Waals surface area (Å²) in [5, 5.41) is 0. The van der Waals surface area contributed by atoms with Gasteiger partial charge in [0, 0.05) is 12.7 Å². The van der Waals surface area contributed by atoms with Gasteiger partial charge in [-0.05, 0) is 55.7 Å². The first-order valence-electron chi connectivity index (χ1n) is 7.20. The van der Waals surface area contributed by atoms with Gasteiger partial charge in [-0.25, -0.2) is 0 Å². The second kappa shape index (κ2) is 5.53. The second-order valence-corrected chi connectivity index (χ2v) is 5.19. The van der Waals surface area contributed by atoms with Crippen LogP contribution in [0, 0.1) is 0 Å². The van der Waals surface area contributed by atoms with E-state index in [-0.39, 0.29) is 6.04 Å². The molecule has 1 aromatic rings. The molecule has 104 valence electrons. The highest BCUT2D eigenvalue weighted by molar-refractivity contribution is 5.96. The van der Waals surface area contributed by atoms with E-state index in [1.54, 1.807) is 0 Å². The quantitative estimate of drug-likeness (QED) is 0.835. The molecule has 0 bridgehead atoms. The molecule has 1 aromatic carbocycles. The van der Waals surface area contributed by atoms with E-state index in [9.17, 15) is 0 Å². The van der Waals surface area contributed by atoms with Crippen LogP contribution in [0.5, 0.6) is 5.75 Å². The summed E-state index contributed by atoms with van der Waals surface area (Å²) in [5.41, 5.74) is 2.52. The van der Waals surface area contributed by atoms with Gasteiger partial charge in [-0.2, -0.15) is 0 Å². The fourth-order valence-corrected chi connectivity index (χ4v) is 2.60. The maximum absolute atomic E-state index is 5.49. The zero-order valence-electron chi connectivity index (χ0n) is 12.0. The van der Waals surface area contributed by atoms with Crippen LogP contribution in [-0.2, 0) is 0 Å². The summed E-state index contributed by atoms with van der Waals surface area (Å²) in [5.74, 6) is 2.01. The molecule has 20 heavy (non-hydrogen) atoms. The maximum Gasteiger partial charge on any atom is 0.128 e. The number of ether oxygens (including phenoxy) is 1. The Bertz CT molecular complexity index is 569. The molecular formula is C17H20N2O. The number of hydrogen-bond acceptors (Lipinski definition) is 3. The molecule has 1 atom stereocenters. The maximum atomic E-state index is 5.49. The fraction of sp³-hybridized carbons (Fsp3) is 0.353. The lowest BCUT2D eigenvalue weighted by molar-refractivity contribution is 0.340. The highest BCUT2D eigenvalue weighted by Crippen LogP contribution is 2.29. The van der Waals surface area contributed by atoms with Crippen molar-refractivity contribution in [1.82, 2.24) is 4.90 Å². The summed E-state index contributed by atoms with van der Waals surface area (Å²) in [7, 11) is 0. The molecular weight excluding hydrogens is 248 g/mol. The van der Waals surface area contributed by atoms with Crippen molar-refractivity contribution in [2.75, 3.05) is 13.2 Å². The highest BCUT2D eigenvalue weighted by atomic mass is 16.5. The Labute approximate surface area is 120 Å². The van der Waals surface area contributed by atoms with E-state index in [1.807, 2.05) is 19.1 Å². The van der Waals surface area contributed by atoms with E-state index in [0.717, 1.165) is 24.6 Å². The smallest absolute Gasteiger partial charge is 0.128 e. The van der Waals surface area contributed by atoms with Crippen molar-refractivity contribution in [3.63, 3.8) is 0 Å². The van der Waals surface area contributed by atoms with Crippen molar-refractivity contribution in [3.8, 4) is 5.75 Å². The van der Waals surface area contributed by atoms with Crippen LogP contribution in [0.3, 0.4) is 0 Å². The molecule has 3 rings (SSSR count). The van der Waals surface area contributed by atoms with Gasteiger partial charge in [0.15, 0.2) is 0 Å². The van der Waals surface area contributed by atoms with Crippen molar-refractivity contribution in [1.29, 1.82) is 0 Å². The van der Waals surface area contributed by atoms with Gasteiger partial charge < -0.3 is 9.64 Å². The van der Waals surface area contributed by atoms with Gasteiger partial charge in [-0.3, -0.25) is 4.99 Å². The number of benzene rings is 1. The van der Waals surface area contributed by atoms with Crippen molar-refractivity contribution in [2.45, 2.75) is 26.3 Å². The lowest BCUT2D eigenvalue weighted by atomic mass is 10.0. The Morgan fingerprint density at radius 1 is 1.30 bits per heavy atom. The third-order valence-electron chi connectivity index (χ3n) is 3.68. The number of amidine groups is 1. The third kappa shape index (κ3) is 2.62. The summed E-state index contributed by atoms with van der Waals surface area (Å²) in [4.78, 5) is 7.09. The average molecular weight is 268 g/mol. The van der Waals surface area contributed by atoms with Gasteiger partial charge in [0.25, 0.3) is 0 Å². The van der Waals surface area contributed by atoms with Gasteiger partial charge in [0.2, 0.25) is 0 Å². The van der Waals surface area contributed by atoms with Crippen LogP contribution in [-0.4, -0.2) is 23.9 Å². The first-order valence-corrected chi connectivity index (χ1v) is 7.20. The highest BCUT2D eigenvalue weighted by Gasteiger charge is 2.21. The van der Waals surface area contributed by atoms with E-state index in [2.05, 4.69) is 42.3 Å². The minimum Gasteiger partial charge on any atom is -0.494 e. The minimum absolute atomic E-state index is 0.257. The predicted octanol–water partition coefficient (Wildman–Crippen LogP) is 3.70. The Hall–Kier alpha value is -2.03. The summed E-state index contributed by atoms with van der Waals surface area (Å²) >= 11 is 0. The molecule has 0 fully saturated rings. The van der Waals surface area contributed by atoms with E-state index in [1.165, 1.54) is 11.1 Å². The first-order chi connectivity index (χ1) is 9.76. The Morgan fingerprint density at radius 2 is 2.10 bits per heavy atom. The molecule has 0 N–H and O–H groups in total. The van der Waals surface area contributed by atoms with Crippen LogP contribution in [0.25, 0.3) is 0 Å². The molecule has 0 aliphatic carbocycles. The first kappa shape index (κ1) is 13.0. The normalized spacial score (nSPS) is 21.1. The topological polar surface area (TPSA) is 24.8 Å². The Morgan fingerprint density at radius 3 is 2.85 bits per heavy atom. The SMILES string of the molecule is CCOc1ccc(C2CCN3C=CC(C)=CC3=N2)cc1. The van der Waals surface area contributed by atoms with Crippen LogP contribution < -0.4 is 4.74 Å². The van der Waals surface area contributed by atoms with Crippen LogP contribution in [0.1, 0.15) is 31.9 Å². The van der Waals surface area contributed by atoms with Crippen LogP contribution in [0.4, 0.5) is 0 Å². The second-order valence-electron chi connectivity index (χ2n) is 5.19. The zero-order chi connectivity index (χ0) is 13.9. The molecule has 3 heteroatoms. The summed E-state index contributed by atoms with van der Waals surface area (Å²) in [6, 6.07) is 8.59. The Kier molecular flexibility index (Phi) is 3.59. The minimum atomic E-state index is 0.257. The Balaban J connectivity index is 1.81.